The number of nitrogens with zero attached hydrogens (tertiary/aromatic N) is 4. The van der Waals surface area contributed by atoms with Crippen molar-refractivity contribution in [2.75, 3.05) is 45.9 Å². The third-order valence-electron chi connectivity index (χ3n) is 9.20. The molecule has 3 fully saturated rings. The molecule has 262 valence electrons. The minimum Gasteiger partial charge on any atom is -0.493 e. The number of rotatable bonds is 12. The average Bonchev–Trinajstić information content (AvgIpc) is 3.15. The number of amides is 1. The third-order valence-corrected chi connectivity index (χ3v) is 9.86. The third kappa shape index (κ3) is 7.90. The SMILES string of the molecule is COc1ccc([C@H](Cc2c(Cl)cncc2Cl)OC(=O)c2ccc(CN(C(=O)O[C@H]3CN4CCC3CC4)c3cccnc3OC)cc2)cc1OC. The fourth-order valence-electron chi connectivity index (χ4n) is 6.46. The summed E-state index contributed by atoms with van der Waals surface area (Å²) in [7, 11) is 4.59. The number of ether oxygens (including phenoxy) is 5. The fraction of sp³-hybridized carbons (Fsp3) is 0.351. The van der Waals surface area contributed by atoms with Crippen LogP contribution in [0.1, 0.15) is 46.0 Å². The van der Waals surface area contributed by atoms with Crippen LogP contribution < -0.4 is 19.1 Å². The second kappa shape index (κ2) is 16.0. The van der Waals surface area contributed by atoms with E-state index in [9.17, 15) is 9.59 Å². The molecule has 2 aromatic heterocycles. The Morgan fingerprint density at radius 2 is 1.66 bits per heavy atom. The molecule has 3 saturated heterocycles. The summed E-state index contributed by atoms with van der Waals surface area (Å²) in [5.41, 5.74) is 2.79. The van der Waals surface area contributed by atoms with Gasteiger partial charge in [0.25, 0.3) is 0 Å². The maximum atomic E-state index is 13.8. The zero-order valence-electron chi connectivity index (χ0n) is 28.0. The van der Waals surface area contributed by atoms with Gasteiger partial charge in [-0.05, 0) is 84.9 Å². The average molecular weight is 722 g/mol. The first kappa shape index (κ1) is 35.3. The van der Waals surface area contributed by atoms with E-state index in [1.165, 1.54) is 31.5 Å². The number of pyridine rings is 2. The van der Waals surface area contributed by atoms with Crippen molar-refractivity contribution in [3.63, 3.8) is 0 Å². The van der Waals surface area contributed by atoms with E-state index in [4.69, 9.17) is 46.9 Å². The Hall–Kier alpha value is -4.58. The number of fused-ring (bicyclic) bond motifs is 3. The van der Waals surface area contributed by atoms with Gasteiger partial charge in [-0.3, -0.25) is 14.8 Å². The second-order valence-corrected chi connectivity index (χ2v) is 13.0. The zero-order chi connectivity index (χ0) is 35.2. The number of benzene rings is 2. The van der Waals surface area contributed by atoms with Crippen LogP contribution in [0.5, 0.6) is 17.4 Å². The maximum absolute atomic E-state index is 13.8. The molecule has 0 aliphatic carbocycles. The van der Waals surface area contributed by atoms with Crippen molar-refractivity contribution in [2.45, 2.75) is 38.0 Å². The topological polar surface area (TPSA) is 113 Å². The molecule has 0 radical (unpaired) electrons. The molecule has 50 heavy (non-hydrogen) atoms. The molecule has 7 rings (SSSR count). The standard InChI is InChI=1S/C37H38Cl2N4O7/c1-46-31-11-10-26(17-33(31)47-2)32(18-27-28(38)19-40-20-29(27)39)49-36(44)25-8-6-23(7-9-25)21-43(30-5-4-14-41-35(30)48-3)37(45)50-34-22-42-15-12-24(34)13-16-42/h4-11,14,17,19-20,24,32,34H,12-13,15-16,18,21-22H2,1-3H3/t32-,34-/m0/s1. The van der Waals surface area contributed by atoms with Crippen molar-refractivity contribution < 1.29 is 33.3 Å². The summed E-state index contributed by atoms with van der Waals surface area (Å²) in [6, 6.07) is 15.7. The molecule has 11 nitrogen and oxygen atoms in total. The monoisotopic (exact) mass is 720 g/mol. The van der Waals surface area contributed by atoms with E-state index in [0.717, 1.165) is 38.0 Å². The highest BCUT2D eigenvalue weighted by atomic mass is 35.5. The van der Waals surface area contributed by atoms with Gasteiger partial charge in [-0.1, -0.05) is 41.4 Å². The first-order chi connectivity index (χ1) is 24.3. The van der Waals surface area contributed by atoms with Gasteiger partial charge in [0.2, 0.25) is 5.88 Å². The number of aromatic nitrogens is 2. The molecule has 2 bridgehead atoms. The van der Waals surface area contributed by atoms with Gasteiger partial charge in [0.05, 0.1) is 43.5 Å². The highest BCUT2D eigenvalue weighted by Gasteiger charge is 2.38. The van der Waals surface area contributed by atoms with Crippen molar-refractivity contribution in [1.82, 2.24) is 14.9 Å². The molecule has 4 aromatic rings. The highest BCUT2D eigenvalue weighted by molar-refractivity contribution is 6.35. The number of anilines is 1. The largest absolute Gasteiger partial charge is 0.493 e. The van der Waals surface area contributed by atoms with Crippen LogP contribution in [0.15, 0.2) is 73.2 Å². The molecule has 0 spiro atoms. The Kier molecular flexibility index (Phi) is 11.3. The zero-order valence-corrected chi connectivity index (χ0v) is 29.5. The summed E-state index contributed by atoms with van der Waals surface area (Å²) in [5, 5.41) is 0.704. The molecular weight excluding hydrogens is 683 g/mol. The molecule has 3 aliphatic rings. The number of hydrogen-bond donors (Lipinski definition) is 0. The van der Waals surface area contributed by atoms with Crippen LogP contribution in [0.3, 0.4) is 0 Å². The normalized spacial score (nSPS) is 18.5. The summed E-state index contributed by atoms with van der Waals surface area (Å²) in [5.74, 6) is 1.09. The van der Waals surface area contributed by atoms with Gasteiger partial charge in [0.1, 0.15) is 17.9 Å². The van der Waals surface area contributed by atoms with Gasteiger partial charge in [-0.2, -0.15) is 0 Å². The maximum Gasteiger partial charge on any atom is 0.415 e. The molecule has 0 N–H and O–H groups in total. The van der Waals surface area contributed by atoms with Crippen molar-refractivity contribution in [1.29, 1.82) is 0 Å². The van der Waals surface area contributed by atoms with Gasteiger partial charge in [-0.25, -0.2) is 14.6 Å². The van der Waals surface area contributed by atoms with E-state index < -0.39 is 18.2 Å². The lowest BCUT2D eigenvalue weighted by Crippen LogP contribution is -2.53. The Morgan fingerprint density at radius 1 is 0.940 bits per heavy atom. The summed E-state index contributed by atoms with van der Waals surface area (Å²) in [6.07, 6.45) is 5.36. The van der Waals surface area contributed by atoms with E-state index in [2.05, 4.69) is 14.9 Å². The van der Waals surface area contributed by atoms with E-state index in [1.54, 1.807) is 67.9 Å². The van der Waals surface area contributed by atoms with Crippen molar-refractivity contribution in [3.05, 3.63) is 105 Å². The number of hydrogen-bond acceptors (Lipinski definition) is 10. The summed E-state index contributed by atoms with van der Waals surface area (Å²) < 4.78 is 28.6. The van der Waals surface area contributed by atoms with Crippen molar-refractivity contribution in [2.24, 2.45) is 5.92 Å². The molecule has 2 atom stereocenters. The van der Waals surface area contributed by atoms with Crippen molar-refractivity contribution in [3.8, 4) is 17.4 Å². The number of carbonyl (C=O) groups is 2. The number of halogens is 2. The smallest absolute Gasteiger partial charge is 0.415 e. The van der Waals surface area contributed by atoms with Crippen LogP contribution in [0.2, 0.25) is 10.0 Å². The van der Waals surface area contributed by atoms with Gasteiger partial charge < -0.3 is 23.7 Å². The predicted molar refractivity (Wildman–Crippen MR) is 189 cm³/mol. The first-order valence-electron chi connectivity index (χ1n) is 16.3. The first-order valence-corrected chi connectivity index (χ1v) is 17.0. The number of esters is 1. The summed E-state index contributed by atoms with van der Waals surface area (Å²) in [4.78, 5) is 39.6. The van der Waals surface area contributed by atoms with Gasteiger partial charge in [-0.15, -0.1) is 0 Å². The lowest BCUT2D eigenvalue weighted by atomic mass is 9.86. The van der Waals surface area contributed by atoms with E-state index in [0.29, 0.717) is 55.7 Å². The number of piperidine rings is 3. The Morgan fingerprint density at radius 3 is 2.30 bits per heavy atom. The number of methoxy groups -OCH3 is 3. The van der Waals surface area contributed by atoms with Crippen LogP contribution in [-0.4, -0.2) is 74.0 Å². The molecule has 0 unspecified atom stereocenters. The van der Waals surface area contributed by atoms with Crippen LogP contribution in [0.4, 0.5) is 10.5 Å². The Balaban J connectivity index is 1.22. The quantitative estimate of drug-likeness (QED) is 0.139. The minimum absolute atomic E-state index is 0.157. The molecule has 0 saturated carbocycles. The van der Waals surface area contributed by atoms with Gasteiger partial charge in [0, 0.05) is 31.6 Å². The van der Waals surface area contributed by atoms with Crippen LogP contribution in [-0.2, 0) is 22.4 Å². The van der Waals surface area contributed by atoms with E-state index in [-0.39, 0.29) is 19.1 Å². The summed E-state index contributed by atoms with van der Waals surface area (Å²) in [6.45, 7) is 2.96. The van der Waals surface area contributed by atoms with Crippen LogP contribution in [0.25, 0.3) is 0 Å². The molecule has 2 aromatic carbocycles. The fourth-order valence-corrected chi connectivity index (χ4v) is 6.97. The highest BCUT2D eigenvalue weighted by Crippen LogP contribution is 2.36. The summed E-state index contributed by atoms with van der Waals surface area (Å²) >= 11 is 12.9. The lowest BCUT2D eigenvalue weighted by molar-refractivity contribution is -0.0311. The molecule has 13 heteroatoms. The number of carbonyl (C=O) groups excluding carboxylic acids is 2. The predicted octanol–water partition coefficient (Wildman–Crippen LogP) is 7.19. The van der Waals surface area contributed by atoms with Crippen molar-refractivity contribution >= 4 is 41.0 Å². The molecule has 1 amide bonds. The lowest BCUT2D eigenvalue weighted by Gasteiger charge is -2.44. The minimum atomic E-state index is -0.783. The van der Waals surface area contributed by atoms with Crippen LogP contribution >= 0.6 is 23.2 Å². The second-order valence-electron chi connectivity index (χ2n) is 12.2. The molecule has 3 aliphatic heterocycles. The van der Waals surface area contributed by atoms with E-state index >= 15 is 0 Å². The van der Waals surface area contributed by atoms with E-state index in [1.807, 2.05) is 0 Å². The molecule has 5 heterocycles. The Bertz CT molecular complexity index is 1800. The van der Waals surface area contributed by atoms with Gasteiger partial charge in [0.15, 0.2) is 11.5 Å². The van der Waals surface area contributed by atoms with Crippen LogP contribution in [0, 0.1) is 5.92 Å². The molecular formula is C37H38Cl2N4O7. The Labute approximate surface area is 301 Å². The van der Waals surface area contributed by atoms with Gasteiger partial charge >= 0.3 is 12.1 Å².